The molecule has 0 radical (unpaired) electrons. The van der Waals surface area contributed by atoms with Crippen molar-refractivity contribution >= 4 is 11.8 Å². The average Bonchev–Trinajstić information content (AvgIpc) is 2.70. The molecule has 1 aromatic carbocycles. The van der Waals surface area contributed by atoms with E-state index < -0.39 is 0 Å². The van der Waals surface area contributed by atoms with E-state index in [0.29, 0.717) is 6.04 Å². The van der Waals surface area contributed by atoms with Crippen LogP contribution >= 0.6 is 11.8 Å². The van der Waals surface area contributed by atoms with Gasteiger partial charge in [0.25, 0.3) is 0 Å². The van der Waals surface area contributed by atoms with Crippen LogP contribution in [-0.4, -0.2) is 12.8 Å². The molecule has 0 aromatic heterocycles. The summed E-state index contributed by atoms with van der Waals surface area (Å²) in [5, 5.41) is 3.53. The van der Waals surface area contributed by atoms with Crippen molar-refractivity contribution in [3.8, 4) is 0 Å². The summed E-state index contributed by atoms with van der Waals surface area (Å²) in [6, 6.07) is 7.44. The molecule has 1 atom stereocenters. The lowest BCUT2D eigenvalue weighted by Crippen LogP contribution is -2.12. The molecule has 1 aromatic rings. The molecule has 1 saturated heterocycles. The van der Waals surface area contributed by atoms with E-state index in [0.717, 1.165) is 0 Å². The first-order valence-corrected chi connectivity index (χ1v) is 6.41. The Kier molecular flexibility index (Phi) is 3.14. The molecule has 1 aliphatic heterocycles. The van der Waals surface area contributed by atoms with Crippen LogP contribution in [-0.2, 0) is 0 Å². The fraction of sp³-hybridized carbons (Fsp3) is 0.500. The van der Waals surface area contributed by atoms with Crippen molar-refractivity contribution < 1.29 is 0 Å². The number of rotatable bonds is 2. The summed E-state index contributed by atoms with van der Waals surface area (Å²) in [7, 11) is 0. The lowest BCUT2D eigenvalue weighted by atomic mass is 10.0. The monoisotopic (exact) mass is 207 g/mol. The first-order chi connectivity index (χ1) is 6.81. The molecule has 2 heteroatoms. The van der Waals surface area contributed by atoms with Gasteiger partial charge in [-0.05, 0) is 49.8 Å². The summed E-state index contributed by atoms with van der Waals surface area (Å²) in [6.45, 7) is 3.37. The van der Waals surface area contributed by atoms with E-state index in [1.54, 1.807) is 0 Å². The van der Waals surface area contributed by atoms with E-state index in [2.05, 4.69) is 36.7 Å². The zero-order chi connectivity index (χ0) is 9.97. The predicted octanol–water partition coefficient (Wildman–Crippen LogP) is 3.14. The number of benzene rings is 1. The third kappa shape index (κ3) is 1.96. The van der Waals surface area contributed by atoms with Gasteiger partial charge in [-0.25, -0.2) is 0 Å². The van der Waals surface area contributed by atoms with Crippen LogP contribution in [0, 0.1) is 6.92 Å². The zero-order valence-electron chi connectivity index (χ0n) is 8.84. The smallest absolute Gasteiger partial charge is 0.0320 e. The maximum Gasteiger partial charge on any atom is 0.0320 e. The second-order valence-corrected chi connectivity index (χ2v) is 4.73. The molecule has 1 unspecified atom stereocenters. The number of nitrogens with one attached hydrogen (secondary N) is 1. The summed E-state index contributed by atoms with van der Waals surface area (Å²) in [4.78, 5) is 1.40. The molecule has 1 N–H and O–H groups in total. The van der Waals surface area contributed by atoms with Gasteiger partial charge >= 0.3 is 0 Å². The van der Waals surface area contributed by atoms with Crippen molar-refractivity contribution in [1.29, 1.82) is 0 Å². The van der Waals surface area contributed by atoms with Crippen LogP contribution < -0.4 is 5.32 Å². The summed E-state index contributed by atoms with van der Waals surface area (Å²) in [6.07, 6.45) is 4.74. The molecule has 1 nitrogen and oxygen atoms in total. The van der Waals surface area contributed by atoms with E-state index in [9.17, 15) is 0 Å². The molecule has 14 heavy (non-hydrogen) atoms. The molecule has 0 saturated carbocycles. The van der Waals surface area contributed by atoms with Crippen molar-refractivity contribution in [2.75, 3.05) is 12.8 Å². The van der Waals surface area contributed by atoms with Gasteiger partial charge in [0.2, 0.25) is 0 Å². The lowest BCUT2D eigenvalue weighted by molar-refractivity contribution is 0.646. The van der Waals surface area contributed by atoms with Crippen molar-refractivity contribution in [2.45, 2.75) is 30.7 Å². The molecule has 0 aliphatic carbocycles. The average molecular weight is 207 g/mol. The maximum atomic E-state index is 3.53. The first-order valence-electron chi connectivity index (χ1n) is 5.19. The van der Waals surface area contributed by atoms with Crippen LogP contribution in [0.3, 0.4) is 0 Å². The maximum absolute atomic E-state index is 3.53. The number of hydrogen-bond acceptors (Lipinski definition) is 2. The molecule has 76 valence electrons. The molecule has 0 amide bonds. The number of hydrogen-bond donors (Lipinski definition) is 1. The van der Waals surface area contributed by atoms with Crippen molar-refractivity contribution in [3.05, 3.63) is 29.3 Å². The molecule has 1 heterocycles. The molecular weight excluding hydrogens is 190 g/mol. The minimum Gasteiger partial charge on any atom is -0.310 e. The summed E-state index contributed by atoms with van der Waals surface area (Å²) < 4.78 is 0. The minimum absolute atomic E-state index is 0.601. The Labute approximate surface area is 90.3 Å². The largest absolute Gasteiger partial charge is 0.310 e. The standard InChI is InChI=1S/C12H17NS/c1-9-8-10(5-6-12(9)14-2)11-4-3-7-13-11/h5-6,8,11,13H,3-4,7H2,1-2H3. The molecule has 0 spiro atoms. The minimum atomic E-state index is 0.601. The second-order valence-electron chi connectivity index (χ2n) is 3.88. The Hall–Kier alpha value is -0.470. The molecule has 0 bridgehead atoms. The van der Waals surface area contributed by atoms with Gasteiger partial charge in [-0.3, -0.25) is 0 Å². The van der Waals surface area contributed by atoms with Crippen LogP contribution in [0.2, 0.25) is 0 Å². The van der Waals surface area contributed by atoms with Gasteiger partial charge in [-0.15, -0.1) is 11.8 Å². The van der Waals surface area contributed by atoms with Gasteiger partial charge in [-0.2, -0.15) is 0 Å². The van der Waals surface area contributed by atoms with Gasteiger partial charge in [-0.1, -0.05) is 12.1 Å². The molecule has 2 rings (SSSR count). The Balaban J connectivity index is 2.23. The Morgan fingerprint density at radius 1 is 1.43 bits per heavy atom. The van der Waals surface area contributed by atoms with Crippen molar-refractivity contribution in [3.63, 3.8) is 0 Å². The highest BCUT2D eigenvalue weighted by Crippen LogP contribution is 2.27. The van der Waals surface area contributed by atoms with E-state index in [4.69, 9.17) is 0 Å². The SMILES string of the molecule is CSc1ccc(C2CCCN2)cc1C. The highest BCUT2D eigenvalue weighted by atomic mass is 32.2. The van der Waals surface area contributed by atoms with E-state index >= 15 is 0 Å². The van der Waals surface area contributed by atoms with Gasteiger partial charge < -0.3 is 5.32 Å². The first kappa shape index (κ1) is 10.1. The Bertz CT molecular complexity index is 316. The van der Waals surface area contributed by atoms with E-state index in [-0.39, 0.29) is 0 Å². The summed E-state index contributed by atoms with van der Waals surface area (Å²) in [5.41, 5.74) is 2.86. The van der Waals surface area contributed by atoms with Crippen LogP contribution in [0.25, 0.3) is 0 Å². The van der Waals surface area contributed by atoms with Crippen LogP contribution in [0.15, 0.2) is 23.1 Å². The highest BCUT2D eigenvalue weighted by molar-refractivity contribution is 7.98. The molecule has 1 fully saturated rings. The van der Waals surface area contributed by atoms with Crippen molar-refractivity contribution in [2.24, 2.45) is 0 Å². The van der Waals surface area contributed by atoms with Gasteiger partial charge in [0.1, 0.15) is 0 Å². The Morgan fingerprint density at radius 3 is 2.86 bits per heavy atom. The normalized spacial score (nSPS) is 21.4. The van der Waals surface area contributed by atoms with Crippen molar-refractivity contribution in [1.82, 2.24) is 5.32 Å². The predicted molar refractivity (Wildman–Crippen MR) is 62.9 cm³/mol. The van der Waals surface area contributed by atoms with Gasteiger partial charge in [0, 0.05) is 10.9 Å². The zero-order valence-corrected chi connectivity index (χ0v) is 9.66. The quantitative estimate of drug-likeness (QED) is 0.748. The third-order valence-corrected chi connectivity index (χ3v) is 3.78. The van der Waals surface area contributed by atoms with E-state index in [1.165, 1.54) is 35.4 Å². The van der Waals surface area contributed by atoms with Crippen LogP contribution in [0.5, 0.6) is 0 Å². The van der Waals surface area contributed by atoms with Crippen LogP contribution in [0.4, 0.5) is 0 Å². The van der Waals surface area contributed by atoms with E-state index in [1.807, 2.05) is 11.8 Å². The number of aryl methyl sites for hydroxylation is 1. The van der Waals surface area contributed by atoms with Crippen LogP contribution in [0.1, 0.15) is 30.0 Å². The number of thioether (sulfide) groups is 1. The van der Waals surface area contributed by atoms with Gasteiger partial charge in [0.15, 0.2) is 0 Å². The van der Waals surface area contributed by atoms with Gasteiger partial charge in [0.05, 0.1) is 0 Å². The highest BCUT2D eigenvalue weighted by Gasteiger charge is 2.16. The fourth-order valence-corrected chi connectivity index (χ4v) is 2.67. The summed E-state index contributed by atoms with van der Waals surface area (Å²) >= 11 is 1.83. The molecule has 1 aliphatic rings. The third-order valence-electron chi connectivity index (χ3n) is 2.88. The summed E-state index contributed by atoms with van der Waals surface area (Å²) in [5.74, 6) is 0. The fourth-order valence-electron chi connectivity index (χ4n) is 2.09. The second kappa shape index (κ2) is 4.37. The topological polar surface area (TPSA) is 12.0 Å². The molecular formula is C12H17NS. The lowest BCUT2D eigenvalue weighted by Gasteiger charge is -2.12. The Morgan fingerprint density at radius 2 is 2.29 bits per heavy atom.